The Balaban J connectivity index is 0.00000225. The molecule has 0 bridgehead atoms. The van der Waals surface area contributed by atoms with Gasteiger partial charge in [-0.05, 0) is 36.8 Å². The van der Waals surface area contributed by atoms with E-state index in [1.807, 2.05) is 11.0 Å². The molecular formula is C21H22ClN3O3. The first-order valence-electron chi connectivity index (χ1n) is 9.11. The van der Waals surface area contributed by atoms with Crippen LogP contribution in [0.25, 0.3) is 0 Å². The zero-order valence-corrected chi connectivity index (χ0v) is 16.4. The molecule has 1 saturated heterocycles. The summed E-state index contributed by atoms with van der Waals surface area (Å²) in [6.45, 7) is 4.33. The van der Waals surface area contributed by atoms with Crippen molar-refractivity contribution in [2.45, 2.75) is 19.5 Å². The van der Waals surface area contributed by atoms with Crippen LogP contribution >= 0.6 is 12.4 Å². The van der Waals surface area contributed by atoms with Gasteiger partial charge in [-0.3, -0.25) is 19.3 Å². The molecule has 0 aliphatic carbocycles. The van der Waals surface area contributed by atoms with Gasteiger partial charge in [-0.2, -0.15) is 0 Å². The summed E-state index contributed by atoms with van der Waals surface area (Å²) in [5.41, 5.74) is 2.21. The van der Waals surface area contributed by atoms with Gasteiger partial charge in [-0.25, -0.2) is 0 Å². The second-order valence-electron chi connectivity index (χ2n) is 7.05. The standard InChI is InChI=1S/C21H21N3O3.ClH/c1-14-12-23(10-9-22-14)19(25)16-6-4-5-15(11-16)13-24-20(26)17-7-2-3-8-18(17)21(24)27;/h2-8,11,14,22H,9-10,12-13H2,1H3;1H. The van der Waals surface area contributed by atoms with E-state index in [1.165, 1.54) is 4.90 Å². The van der Waals surface area contributed by atoms with E-state index in [4.69, 9.17) is 0 Å². The third kappa shape index (κ3) is 3.66. The summed E-state index contributed by atoms with van der Waals surface area (Å²) in [6.07, 6.45) is 0. The third-order valence-electron chi connectivity index (χ3n) is 5.05. The van der Waals surface area contributed by atoms with Gasteiger partial charge in [-0.1, -0.05) is 24.3 Å². The van der Waals surface area contributed by atoms with Crippen LogP contribution in [-0.4, -0.2) is 53.2 Å². The van der Waals surface area contributed by atoms with Crippen LogP contribution in [0.3, 0.4) is 0 Å². The second kappa shape index (κ2) is 8.12. The van der Waals surface area contributed by atoms with Gasteiger partial charge in [0.2, 0.25) is 0 Å². The zero-order chi connectivity index (χ0) is 19.0. The lowest BCUT2D eigenvalue weighted by molar-refractivity contribution is 0.0642. The van der Waals surface area contributed by atoms with Crippen molar-refractivity contribution in [2.24, 2.45) is 0 Å². The SMILES string of the molecule is CC1CN(C(=O)c2cccc(CN3C(=O)c4ccccc4C3=O)c2)CCN1.Cl. The number of fused-ring (bicyclic) bond motifs is 1. The van der Waals surface area contributed by atoms with Gasteiger partial charge in [0.05, 0.1) is 17.7 Å². The molecule has 28 heavy (non-hydrogen) atoms. The Morgan fingerprint density at radius 2 is 1.75 bits per heavy atom. The Morgan fingerprint density at radius 3 is 2.39 bits per heavy atom. The Kier molecular flexibility index (Phi) is 5.82. The van der Waals surface area contributed by atoms with E-state index in [9.17, 15) is 14.4 Å². The average Bonchev–Trinajstić information content (AvgIpc) is 2.93. The molecule has 2 aliphatic rings. The quantitative estimate of drug-likeness (QED) is 0.804. The molecule has 1 unspecified atom stereocenters. The van der Waals surface area contributed by atoms with Crippen LogP contribution < -0.4 is 5.32 Å². The van der Waals surface area contributed by atoms with Gasteiger partial charge in [0, 0.05) is 31.2 Å². The lowest BCUT2D eigenvalue weighted by atomic mass is 10.1. The average molecular weight is 400 g/mol. The van der Waals surface area contributed by atoms with Crippen molar-refractivity contribution in [2.75, 3.05) is 19.6 Å². The first-order chi connectivity index (χ1) is 13.0. The fourth-order valence-corrected chi connectivity index (χ4v) is 3.67. The predicted molar refractivity (Wildman–Crippen MR) is 108 cm³/mol. The van der Waals surface area contributed by atoms with E-state index in [0.717, 1.165) is 12.1 Å². The molecule has 1 fully saturated rings. The number of imide groups is 1. The highest BCUT2D eigenvalue weighted by atomic mass is 35.5. The predicted octanol–water partition coefficient (Wildman–Crippen LogP) is 2.34. The Labute approximate surface area is 169 Å². The molecule has 1 N–H and O–H groups in total. The maximum atomic E-state index is 12.8. The number of piperazine rings is 1. The summed E-state index contributed by atoms with van der Waals surface area (Å²) < 4.78 is 0. The molecule has 4 rings (SSSR count). The van der Waals surface area contributed by atoms with E-state index >= 15 is 0 Å². The third-order valence-corrected chi connectivity index (χ3v) is 5.05. The van der Waals surface area contributed by atoms with Crippen LogP contribution in [0.2, 0.25) is 0 Å². The minimum atomic E-state index is -0.289. The van der Waals surface area contributed by atoms with E-state index in [0.29, 0.717) is 29.8 Å². The maximum Gasteiger partial charge on any atom is 0.261 e. The van der Waals surface area contributed by atoms with Crippen LogP contribution in [0, 0.1) is 0 Å². The minimum absolute atomic E-state index is 0. The lowest BCUT2D eigenvalue weighted by Gasteiger charge is -2.32. The van der Waals surface area contributed by atoms with E-state index in [2.05, 4.69) is 12.2 Å². The molecular weight excluding hydrogens is 378 g/mol. The highest BCUT2D eigenvalue weighted by Crippen LogP contribution is 2.24. The minimum Gasteiger partial charge on any atom is -0.336 e. The molecule has 146 valence electrons. The van der Waals surface area contributed by atoms with E-state index in [1.54, 1.807) is 42.5 Å². The zero-order valence-electron chi connectivity index (χ0n) is 15.6. The number of carbonyl (C=O) groups excluding carboxylic acids is 3. The first-order valence-corrected chi connectivity index (χ1v) is 9.11. The molecule has 7 heteroatoms. The fourth-order valence-electron chi connectivity index (χ4n) is 3.67. The lowest BCUT2D eigenvalue weighted by Crippen LogP contribution is -2.51. The van der Waals surface area contributed by atoms with Crippen molar-refractivity contribution in [3.8, 4) is 0 Å². The molecule has 0 spiro atoms. The smallest absolute Gasteiger partial charge is 0.261 e. The molecule has 0 aromatic heterocycles. The van der Waals surface area contributed by atoms with Crippen LogP contribution in [0.4, 0.5) is 0 Å². The number of hydrogen-bond donors (Lipinski definition) is 1. The first kappa shape index (κ1) is 20.0. The molecule has 0 radical (unpaired) electrons. The van der Waals surface area contributed by atoms with Gasteiger partial charge in [0.25, 0.3) is 17.7 Å². The molecule has 2 aromatic rings. The molecule has 2 heterocycles. The second-order valence-corrected chi connectivity index (χ2v) is 7.05. The molecule has 1 atom stereocenters. The topological polar surface area (TPSA) is 69.7 Å². The summed E-state index contributed by atoms with van der Waals surface area (Å²) >= 11 is 0. The monoisotopic (exact) mass is 399 g/mol. The Morgan fingerprint density at radius 1 is 1.07 bits per heavy atom. The van der Waals surface area contributed by atoms with E-state index < -0.39 is 0 Å². The van der Waals surface area contributed by atoms with Gasteiger partial charge in [-0.15, -0.1) is 12.4 Å². The maximum absolute atomic E-state index is 12.8. The van der Waals surface area contributed by atoms with Gasteiger partial charge in [0.15, 0.2) is 0 Å². The molecule has 0 saturated carbocycles. The highest BCUT2D eigenvalue weighted by Gasteiger charge is 2.35. The van der Waals surface area contributed by atoms with Crippen molar-refractivity contribution < 1.29 is 14.4 Å². The number of nitrogens with zero attached hydrogens (tertiary/aromatic N) is 2. The molecule has 6 nitrogen and oxygen atoms in total. The van der Waals surface area contributed by atoms with Crippen molar-refractivity contribution in [1.82, 2.24) is 15.1 Å². The summed E-state index contributed by atoms with van der Waals surface area (Å²) in [5.74, 6) is -0.598. The largest absolute Gasteiger partial charge is 0.336 e. The highest BCUT2D eigenvalue weighted by molar-refractivity contribution is 6.21. The van der Waals surface area contributed by atoms with Crippen LogP contribution in [0.1, 0.15) is 43.6 Å². The van der Waals surface area contributed by atoms with Crippen LogP contribution in [0.15, 0.2) is 48.5 Å². The van der Waals surface area contributed by atoms with E-state index in [-0.39, 0.29) is 42.7 Å². The number of hydrogen-bond acceptors (Lipinski definition) is 4. The fraction of sp³-hybridized carbons (Fsp3) is 0.286. The van der Waals surface area contributed by atoms with Gasteiger partial charge >= 0.3 is 0 Å². The summed E-state index contributed by atoms with van der Waals surface area (Å²) in [7, 11) is 0. The van der Waals surface area contributed by atoms with Gasteiger partial charge < -0.3 is 10.2 Å². The molecule has 3 amide bonds. The Bertz CT molecular complexity index is 896. The van der Waals surface area contributed by atoms with Crippen LogP contribution in [-0.2, 0) is 6.54 Å². The normalized spacial score (nSPS) is 18.7. The summed E-state index contributed by atoms with van der Waals surface area (Å²) in [5, 5.41) is 3.32. The number of benzene rings is 2. The van der Waals surface area contributed by atoms with Crippen molar-refractivity contribution in [3.63, 3.8) is 0 Å². The van der Waals surface area contributed by atoms with Crippen molar-refractivity contribution in [1.29, 1.82) is 0 Å². The van der Waals surface area contributed by atoms with Crippen molar-refractivity contribution in [3.05, 3.63) is 70.8 Å². The molecule has 2 aromatic carbocycles. The number of rotatable bonds is 3. The Hall–Kier alpha value is -2.70. The summed E-state index contributed by atoms with van der Waals surface area (Å²) in [6, 6.07) is 14.3. The van der Waals surface area contributed by atoms with Crippen LogP contribution in [0.5, 0.6) is 0 Å². The molecule has 2 aliphatic heterocycles. The number of halogens is 1. The number of nitrogens with one attached hydrogen (secondary N) is 1. The number of carbonyl (C=O) groups is 3. The van der Waals surface area contributed by atoms with Crippen molar-refractivity contribution >= 4 is 30.1 Å². The van der Waals surface area contributed by atoms with Gasteiger partial charge in [0.1, 0.15) is 0 Å². The number of amides is 3. The summed E-state index contributed by atoms with van der Waals surface area (Å²) in [4.78, 5) is 40.9.